The molecule has 0 saturated heterocycles. The number of amides is 1. The van der Waals surface area contributed by atoms with Gasteiger partial charge in [-0.2, -0.15) is 0 Å². The van der Waals surface area contributed by atoms with Gasteiger partial charge in [0, 0.05) is 18.9 Å². The highest BCUT2D eigenvalue weighted by Gasteiger charge is 2.02. The average molecular weight is 256 g/mol. The van der Waals surface area contributed by atoms with Gasteiger partial charge in [0.25, 0.3) is 5.91 Å². The molecule has 0 unspecified atom stereocenters. The molecule has 0 bridgehead atoms. The zero-order valence-electron chi connectivity index (χ0n) is 10.6. The molecule has 0 radical (unpaired) electrons. The van der Waals surface area contributed by atoms with Gasteiger partial charge in [0.15, 0.2) is 6.61 Å². The monoisotopic (exact) mass is 256 g/mol. The summed E-state index contributed by atoms with van der Waals surface area (Å²) in [6, 6.07) is 13.2. The van der Waals surface area contributed by atoms with Gasteiger partial charge in [-0.1, -0.05) is 24.3 Å². The fraction of sp³-hybridized carbons (Fsp3) is 0.200. The molecule has 2 rings (SSSR count). The topological polar surface area (TPSA) is 51.2 Å². The van der Waals surface area contributed by atoms with Gasteiger partial charge in [0.05, 0.1) is 0 Å². The Morgan fingerprint density at radius 1 is 1.16 bits per heavy atom. The maximum absolute atomic E-state index is 11.6. The highest BCUT2D eigenvalue weighted by Crippen LogP contribution is 2.07. The van der Waals surface area contributed by atoms with Crippen LogP contribution in [0.4, 0.5) is 0 Å². The average Bonchev–Trinajstić information content (AvgIpc) is 2.47. The molecule has 0 atom stereocenters. The highest BCUT2D eigenvalue weighted by molar-refractivity contribution is 5.77. The number of benzene rings is 1. The lowest BCUT2D eigenvalue weighted by atomic mass is 10.2. The molecule has 0 saturated carbocycles. The Kier molecular flexibility index (Phi) is 4.93. The van der Waals surface area contributed by atoms with Gasteiger partial charge in [-0.15, -0.1) is 0 Å². The fourth-order valence-corrected chi connectivity index (χ4v) is 1.61. The van der Waals surface area contributed by atoms with Gasteiger partial charge in [-0.05, 0) is 30.2 Å². The lowest BCUT2D eigenvalue weighted by Gasteiger charge is -2.07. The van der Waals surface area contributed by atoms with E-state index in [0.29, 0.717) is 12.3 Å². The van der Waals surface area contributed by atoms with Crippen molar-refractivity contribution in [3.8, 4) is 5.75 Å². The van der Waals surface area contributed by atoms with Crippen LogP contribution in [0.3, 0.4) is 0 Å². The van der Waals surface area contributed by atoms with E-state index in [-0.39, 0.29) is 12.5 Å². The molecule has 1 aromatic carbocycles. The van der Waals surface area contributed by atoms with E-state index in [1.54, 1.807) is 12.4 Å². The first-order valence-corrected chi connectivity index (χ1v) is 6.18. The number of ether oxygens (including phenoxy) is 1. The largest absolute Gasteiger partial charge is 0.484 e. The Balaban J connectivity index is 1.65. The van der Waals surface area contributed by atoms with Crippen LogP contribution >= 0.6 is 0 Å². The quantitative estimate of drug-likeness (QED) is 0.857. The first-order chi connectivity index (χ1) is 9.34. The van der Waals surface area contributed by atoms with Crippen LogP contribution in [0.15, 0.2) is 54.9 Å². The molecule has 0 aliphatic rings. The van der Waals surface area contributed by atoms with Gasteiger partial charge in [0.1, 0.15) is 5.75 Å². The van der Waals surface area contributed by atoms with Gasteiger partial charge < -0.3 is 10.1 Å². The predicted octanol–water partition coefficient (Wildman–Crippen LogP) is 1.82. The minimum absolute atomic E-state index is 0.0387. The number of aromatic nitrogens is 1. The minimum atomic E-state index is -0.118. The van der Waals surface area contributed by atoms with Crippen molar-refractivity contribution in [2.75, 3.05) is 13.2 Å². The Labute approximate surface area is 112 Å². The number of nitrogens with zero attached hydrogens (tertiary/aromatic N) is 1. The van der Waals surface area contributed by atoms with Gasteiger partial charge >= 0.3 is 0 Å². The van der Waals surface area contributed by atoms with Crippen LogP contribution in [0.2, 0.25) is 0 Å². The van der Waals surface area contributed by atoms with Crippen molar-refractivity contribution < 1.29 is 9.53 Å². The molecule has 1 aromatic heterocycles. The van der Waals surface area contributed by atoms with E-state index >= 15 is 0 Å². The highest BCUT2D eigenvalue weighted by atomic mass is 16.5. The molecule has 19 heavy (non-hydrogen) atoms. The maximum Gasteiger partial charge on any atom is 0.257 e. The summed E-state index contributed by atoms with van der Waals surface area (Å²) in [6.45, 7) is 0.625. The predicted molar refractivity (Wildman–Crippen MR) is 72.9 cm³/mol. The molecular formula is C15H16N2O2. The normalized spacial score (nSPS) is 9.89. The molecule has 0 fully saturated rings. The maximum atomic E-state index is 11.6. The zero-order chi connectivity index (χ0) is 13.3. The summed E-state index contributed by atoms with van der Waals surface area (Å²) < 4.78 is 5.35. The van der Waals surface area contributed by atoms with Crippen LogP contribution in [0.25, 0.3) is 0 Å². The summed E-state index contributed by atoms with van der Waals surface area (Å²) in [7, 11) is 0. The lowest BCUT2D eigenvalue weighted by Crippen LogP contribution is -2.30. The van der Waals surface area contributed by atoms with Crippen molar-refractivity contribution in [3.05, 3.63) is 60.4 Å². The smallest absolute Gasteiger partial charge is 0.257 e. The first-order valence-electron chi connectivity index (χ1n) is 6.18. The van der Waals surface area contributed by atoms with Crippen LogP contribution in [-0.2, 0) is 11.2 Å². The van der Waals surface area contributed by atoms with Gasteiger partial charge in [0.2, 0.25) is 0 Å². The SMILES string of the molecule is O=C(COc1ccccc1)NCCc1cccnc1. The van der Waals surface area contributed by atoms with Crippen molar-refractivity contribution in [2.24, 2.45) is 0 Å². The molecule has 1 heterocycles. The number of carbonyl (C=O) groups excluding carboxylic acids is 1. The third-order valence-corrected chi connectivity index (χ3v) is 2.57. The second-order valence-electron chi connectivity index (χ2n) is 4.06. The zero-order valence-corrected chi connectivity index (χ0v) is 10.6. The van der Waals surface area contributed by atoms with Crippen LogP contribution in [0, 0.1) is 0 Å². The lowest BCUT2D eigenvalue weighted by molar-refractivity contribution is -0.123. The molecule has 1 amide bonds. The molecule has 0 aliphatic carbocycles. The summed E-state index contributed by atoms with van der Waals surface area (Å²) >= 11 is 0. The Bertz CT molecular complexity index is 500. The second-order valence-corrected chi connectivity index (χ2v) is 4.06. The number of pyridine rings is 1. The van der Waals surface area contributed by atoms with Crippen molar-refractivity contribution in [1.82, 2.24) is 10.3 Å². The summed E-state index contributed by atoms with van der Waals surface area (Å²) in [5, 5.41) is 2.81. The molecule has 4 nitrogen and oxygen atoms in total. The van der Waals surface area contributed by atoms with Crippen molar-refractivity contribution >= 4 is 5.91 Å². The van der Waals surface area contributed by atoms with Crippen molar-refractivity contribution in [1.29, 1.82) is 0 Å². The van der Waals surface area contributed by atoms with E-state index in [1.807, 2.05) is 42.5 Å². The van der Waals surface area contributed by atoms with Crippen molar-refractivity contribution in [2.45, 2.75) is 6.42 Å². The summed E-state index contributed by atoms with van der Waals surface area (Å²) in [5.41, 5.74) is 1.10. The third-order valence-electron chi connectivity index (χ3n) is 2.57. The van der Waals surface area contributed by atoms with Crippen molar-refractivity contribution in [3.63, 3.8) is 0 Å². The van der Waals surface area contributed by atoms with E-state index in [9.17, 15) is 4.79 Å². The Morgan fingerprint density at radius 2 is 2.00 bits per heavy atom. The molecule has 0 aliphatic heterocycles. The van der Waals surface area contributed by atoms with E-state index < -0.39 is 0 Å². The summed E-state index contributed by atoms with van der Waals surface area (Å²) in [5.74, 6) is 0.581. The van der Waals surface area contributed by atoms with Crippen LogP contribution in [0.1, 0.15) is 5.56 Å². The molecule has 1 N–H and O–H groups in total. The number of carbonyl (C=O) groups is 1. The summed E-state index contributed by atoms with van der Waals surface area (Å²) in [6.07, 6.45) is 4.30. The van der Waals surface area contributed by atoms with E-state index in [2.05, 4.69) is 10.3 Å². The molecule has 98 valence electrons. The number of rotatable bonds is 6. The first kappa shape index (κ1) is 13.1. The van der Waals surface area contributed by atoms with Crippen LogP contribution in [-0.4, -0.2) is 24.0 Å². The van der Waals surface area contributed by atoms with E-state index in [0.717, 1.165) is 12.0 Å². The van der Waals surface area contributed by atoms with E-state index in [4.69, 9.17) is 4.74 Å². The Morgan fingerprint density at radius 3 is 2.74 bits per heavy atom. The standard InChI is InChI=1S/C15H16N2O2/c18-15(12-19-14-6-2-1-3-7-14)17-10-8-13-5-4-9-16-11-13/h1-7,9,11H,8,10,12H2,(H,17,18). The molecule has 0 spiro atoms. The third kappa shape index (κ3) is 4.79. The van der Waals surface area contributed by atoms with Crippen LogP contribution in [0.5, 0.6) is 5.75 Å². The number of hydrogen-bond donors (Lipinski definition) is 1. The Hall–Kier alpha value is -2.36. The van der Waals surface area contributed by atoms with E-state index in [1.165, 1.54) is 0 Å². The fourth-order valence-electron chi connectivity index (χ4n) is 1.61. The van der Waals surface area contributed by atoms with Crippen LogP contribution < -0.4 is 10.1 Å². The molecular weight excluding hydrogens is 240 g/mol. The number of para-hydroxylation sites is 1. The molecule has 4 heteroatoms. The van der Waals surface area contributed by atoms with Gasteiger partial charge in [-0.3, -0.25) is 9.78 Å². The number of hydrogen-bond acceptors (Lipinski definition) is 3. The molecule has 2 aromatic rings. The minimum Gasteiger partial charge on any atom is -0.484 e. The second kappa shape index (κ2) is 7.16. The summed E-state index contributed by atoms with van der Waals surface area (Å²) in [4.78, 5) is 15.6. The van der Waals surface area contributed by atoms with Gasteiger partial charge in [-0.25, -0.2) is 0 Å². The number of nitrogens with one attached hydrogen (secondary N) is 1.